The minimum Gasteiger partial charge on any atom is -0.329 e. The molecule has 0 saturated carbocycles. The summed E-state index contributed by atoms with van der Waals surface area (Å²) in [5.41, 5.74) is 1.74. The number of piperazine rings is 1. The number of aromatic nitrogens is 2. The zero-order valence-corrected chi connectivity index (χ0v) is 10.3. The molecule has 5 heteroatoms. The third-order valence-corrected chi connectivity index (χ3v) is 3.45. The zero-order valence-electron chi connectivity index (χ0n) is 10.3. The normalized spacial score (nSPS) is 17.4. The Balaban J connectivity index is 1.70. The lowest BCUT2D eigenvalue weighted by atomic mass is 10.3. The molecule has 1 saturated heterocycles. The van der Waals surface area contributed by atoms with Crippen LogP contribution in [0.15, 0.2) is 24.5 Å². The maximum Gasteiger partial charge on any atom is 0.125 e. The van der Waals surface area contributed by atoms with Crippen molar-refractivity contribution >= 4 is 11.0 Å². The molecule has 0 atom stereocenters. The molecule has 18 heavy (non-hydrogen) atoms. The summed E-state index contributed by atoms with van der Waals surface area (Å²) < 4.78 is 15.2. The van der Waals surface area contributed by atoms with Crippen molar-refractivity contribution in [2.45, 2.75) is 6.54 Å². The summed E-state index contributed by atoms with van der Waals surface area (Å²) in [5.74, 6) is -0.227. The van der Waals surface area contributed by atoms with Crippen molar-refractivity contribution in [1.82, 2.24) is 19.8 Å². The molecule has 1 aliphatic rings. The van der Waals surface area contributed by atoms with Gasteiger partial charge in [-0.1, -0.05) is 0 Å². The van der Waals surface area contributed by atoms with Gasteiger partial charge < -0.3 is 9.88 Å². The molecule has 0 bridgehead atoms. The van der Waals surface area contributed by atoms with Crippen LogP contribution in [0.3, 0.4) is 0 Å². The highest BCUT2D eigenvalue weighted by Gasteiger charge is 2.10. The van der Waals surface area contributed by atoms with Crippen LogP contribution in [0.4, 0.5) is 4.39 Å². The Morgan fingerprint density at radius 3 is 2.89 bits per heavy atom. The van der Waals surface area contributed by atoms with E-state index in [1.54, 1.807) is 12.4 Å². The van der Waals surface area contributed by atoms with Gasteiger partial charge in [0, 0.05) is 45.3 Å². The number of halogens is 1. The van der Waals surface area contributed by atoms with E-state index in [-0.39, 0.29) is 5.82 Å². The quantitative estimate of drug-likeness (QED) is 0.882. The molecule has 4 nitrogen and oxygen atoms in total. The van der Waals surface area contributed by atoms with Crippen LogP contribution < -0.4 is 5.32 Å². The van der Waals surface area contributed by atoms with E-state index in [9.17, 15) is 4.39 Å². The van der Waals surface area contributed by atoms with Crippen LogP contribution >= 0.6 is 0 Å². The molecule has 1 aromatic carbocycles. The fourth-order valence-corrected chi connectivity index (χ4v) is 2.40. The first-order chi connectivity index (χ1) is 8.83. The number of benzene rings is 1. The number of fused-ring (bicyclic) bond motifs is 1. The van der Waals surface area contributed by atoms with E-state index in [1.807, 2.05) is 0 Å². The molecule has 0 radical (unpaired) electrons. The fourth-order valence-electron chi connectivity index (χ4n) is 2.40. The topological polar surface area (TPSA) is 33.1 Å². The van der Waals surface area contributed by atoms with Crippen LogP contribution in [-0.2, 0) is 6.54 Å². The molecule has 2 aromatic rings. The van der Waals surface area contributed by atoms with Gasteiger partial charge in [-0.3, -0.25) is 4.90 Å². The molecule has 1 N–H and O–H groups in total. The van der Waals surface area contributed by atoms with Gasteiger partial charge in [0.1, 0.15) is 5.82 Å². The Hall–Kier alpha value is -1.46. The summed E-state index contributed by atoms with van der Waals surface area (Å²) in [6, 6.07) is 4.78. The molecule has 96 valence electrons. The molecule has 0 unspecified atom stereocenters. The molecule has 1 aliphatic heterocycles. The average molecular weight is 248 g/mol. The van der Waals surface area contributed by atoms with E-state index in [4.69, 9.17) is 0 Å². The first-order valence-electron chi connectivity index (χ1n) is 6.36. The Morgan fingerprint density at radius 1 is 1.22 bits per heavy atom. The van der Waals surface area contributed by atoms with Crippen molar-refractivity contribution in [3.63, 3.8) is 0 Å². The summed E-state index contributed by atoms with van der Waals surface area (Å²) in [6.45, 7) is 6.25. The second-order valence-electron chi connectivity index (χ2n) is 4.66. The lowest BCUT2D eigenvalue weighted by molar-refractivity contribution is 0.233. The van der Waals surface area contributed by atoms with E-state index < -0.39 is 0 Å². The maximum atomic E-state index is 13.1. The Bertz CT molecular complexity index is 531. The number of hydrogen-bond acceptors (Lipinski definition) is 3. The predicted octanol–water partition coefficient (Wildman–Crippen LogP) is 1.08. The molecule has 2 heterocycles. The van der Waals surface area contributed by atoms with Crippen LogP contribution in [0.1, 0.15) is 0 Å². The van der Waals surface area contributed by atoms with Gasteiger partial charge in [0.15, 0.2) is 0 Å². The van der Waals surface area contributed by atoms with Gasteiger partial charge in [-0.2, -0.15) is 0 Å². The van der Waals surface area contributed by atoms with Gasteiger partial charge in [-0.05, 0) is 12.1 Å². The van der Waals surface area contributed by atoms with Gasteiger partial charge in [0.2, 0.25) is 0 Å². The third kappa shape index (κ3) is 2.37. The van der Waals surface area contributed by atoms with Crippen molar-refractivity contribution in [3.8, 4) is 0 Å². The van der Waals surface area contributed by atoms with Crippen molar-refractivity contribution in [1.29, 1.82) is 0 Å². The van der Waals surface area contributed by atoms with Gasteiger partial charge in [-0.25, -0.2) is 9.37 Å². The maximum absolute atomic E-state index is 13.1. The van der Waals surface area contributed by atoms with Crippen molar-refractivity contribution in [2.24, 2.45) is 0 Å². The second-order valence-corrected chi connectivity index (χ2v) is 4.66. The molecule has 0 aliphatic carbocycles. The van der Waals surface area contributed by atoms with Crippen LogP contribution in [-0.4, -0.2) is 47.2 Å². The Morgan fingerprint density at radius 2 is 2.06 bits per heavy atom. The van der Waals surface area contributed by atoms with Crippen LogP contribution in [0.2, 0.25) is 0 Å². The van der Waals surface area contributed by atoms with E-state index in [1.165, 1.54) is 12.1 Å². The lowest BCUT2D eigenvalue weighted by Crippen LogP contribution is -2.44. The van der Waals surface area contributed by atoms with E-state index in [0.717, 1.165) is 50.3 Å². The number of hydrogen-bond donors (Lipinski definition) is 1. The van der Waals surface area contributed by atoms with Crippen LogP contribution in [0, 0.1) is 5.82 Å². The van der Waals surface area contributed by atoms with Crippen LogP contribution in [0.5, 0.6) is 0 Å². The number of imidazole rings is 1. The minimum absolute atomic E-state index is 0.227. The van der Waals surface area contributed by atoms with Gasteiger partial charge in [0.25, 0.3) is 0 Å². The summed E-state index contributed by atoms with van der Waals surface area (Å²) in [5, 5.41) is 3.34. The molecular weight excluding hydrogens is 231 g/mol. The summed E-state index contributed by atoms with van der Waals surface area (Å²) >= 11 is 0. The number of nitrogens with one attached hydrogen (secondary N) is 1. The van der Waals surface area contributed by atoms with Crippen molar-refractivity contribution < 1.29 is 4.39 Å². The van der Waals surface area contributed by atoms with Gasteiger partial charge >= 0.3 is 0 Å². The van der Waals surface area contributed by atoms with E-state index in [0.29, 0.717) is 0 Å². The molecule has 3 rings (SSSR count). The zero-order chi connectivity index (χ0) is 12.4. The van der Waals surface area contributed by atoms with Gasteiger partial charge in [0.05, 0.1) is 17.4 Å². The third-order valence-electron chi connectivity index (χ3n) is 3.45. The van der Waals surface area contributed by atoms with Gasteiger partial charge in [-0.15, -0.1) is 0 Å². The van der Waals surface area contributed by atoms with E-state index >= 15 is 0 Å². The predicted molar refractivity (Wildman–Crippen MR) is 69.0 cm³/mol. The molecule has 0 spiro atoms. The summed E-state index contributed by atoms with van der Waals surface area (Å²) in [4.78, 5) is 6.67. The average Bonchev–Trinajstić information content (AvgIpc) is 2.80. The fraction of sp³-hybridized carbons (Fsp3) is 0.462. The number of rotatable bonds is 3. The first kappa shape index (κ1) is 11.6. The highest BCUT2D eigenvalue weighted by molar-refractivity contribution is 5.75. The number of nitrogens with zero attached hydrogens (tertiary/aromatic N) is 3. The first-order valence-corrected chi connectivity index (χ1v) is 6.36. The Labute approximate surface area is 105 Å². The molecule has 1 fully saturated rings. The molecular formula is C13H17FN4. The highest BCUT2D eigenvalue weighted by atomic mass is 19.1. The van der Waals surface area contributed by atoms with Crippen molar-refractivity contribution in [3.05, 3.63) is 30.3 Å². The largest absolute Gasteiger partial charge is 0.329 e. The van der Waals surface area contributed by atoms with E-state index in [2.05, 4.69) is 19.8 Å². The van der Waals surface area contributed by atoms with Crippen molar-refractivity contribution in [2.75, 3.05) is 32.7 Å². The molecule has 1 aromatic heterocycles. The SMILES string of the molecule is Fc1ccc2c(c1)ncn2CCN1CCNCC1. The standard InChI is InChI=1S/C13H17FN4/c14-11-1-2-13-12(9-11)16-10-18(13)8-7-17-5-3-15-4-6-17/h1-2,9-10,15H,3-8H2. The minimum atomic E-state index is -0.227. The molecule has 0 amide bonds. The lowest BCUT2D eigenvalue weighted by Gasteiger charge is -2.27. The van der Waals surface area contributed by atoms with Crippen LogP contribution in [0.25, 0.3) is 11.0 Å². The Kier molecular flexibility index (Phi) is 3.25. The highest BCUT2D eigenvalue weighted by Crippen LogP contribution is 2.14. The summed E-state index contributed by atoms with van der Waals surface area (Å²) in [7, 11) is 0. The second kappa shape index (κ2) is 5.04. The summed E-state index contributed by atoms with van der Waals surface area (Å²) in [6.07, 6.45) is 1.80. The monoisotopic (exact) mass is 248 g/mol. The smallest absolute Gasteiger partial charge is 0.125 e.